The zero-order chi connectivity index (χ0) is 37.5. The third-order valence-electron chi connectivity index (χ3n) is 12.3. The molecule has 0 bridgehead atoms. The number of anilines is 2. The summed E-state index contributed by atoms with van der Waals surface area (Å²) in [7, 11) is 1.78. The van der Waals surface area contributed by atoms with Gasteiger partial charge in [0.1, 0.15) is 10.9 Å². The van der Waals surface area contributed by atoms with E-state index >= 15 is 0 Å². The Hall–Kier alpha value is -5.53. The van der Waals surface area contributed by atoms with E-state index in [-0.39, 0.29) is 30.0 Å². The molecule has 6 aromatic rings. The van der Waals surface area contributed by atoms with Crippen LogP contribution >= 0.6 is 11.3 Å². The van der Waals surface area contributed by atoms with Crippen LogP contribution in [0.2, 0.25) is 0 Å². The van der Waals surface area contributed by atoms with Crippen LogP contribution in [0.4, 0.5) is 11.4 Å². The normalized spacial score (nSPS) is 23.3. The number of aromatic nitrogens is 3. The van der Waals surface area contributed by atoms with Crippen molar-refractivity contribution in [2.24, 2.45) is 7.05 Å². The van der Waals surface area contributed by atoms with Crippen LogP contribution in [0.1, 0.15) is 59.8 Å². The molecule has 2 atom stereocenters. The van der Waals surface area contributed by atoms with Gasteiger partial charge in [0.15, 0.2) is 0 Å². The molecule has 3 aliphatic heterocycles. The van der Waals surface area contributed by atoms with Crippen molar-refractivity contribution in [2.45, 2.75) is 56.7 Å². The molecule has 13 heteroatoms. The number of hydrogen-bond donors (Lipinski definition) is 3. The molecule has 1 aliphatic carbocycles. The van der Waals surface area contributed by atoms with Crippen LogP contribution in [-0.2, 0) is 16.6 Å². The lowest BCUT2D eigenvalue weighted by molar-refractivity contribution is -0.135. The second kappa shape index (κ2) is 13.1. The molecule has 3 aromatic carbocycles. The predicted octanol–water partition coefficient (Wildman–Crippen LogP) is 5.36. The predicted molar refractivity (Wildman–Crippen MR) is 216 cm³/mol. The van der Waals surface area contributed by atoms with Gasteiger partial charge in [-0.15, -0.1) is 11.3 Å². The van der Waals surface area contributed by atoms with Gasteiger partial charge in [-0.1, -0.05) is 24.3 Å². The maximum absolute atomic E-state index is 13.4. The number of rotatable bonds is 5. The molecule has 1 unspecified atom stereocenters. The second-order valence-electron chi connectivity index (χ2n) is 15.5. The summed E-state index contributed by atoms with van der Waals surface area (Å²) in [5, 5.41) is 11.1. The highest BCUT2D eigenvalue weighted by atomic mass is 32.1. The lowest BCUT2D eigenvalue weighted by Gasteiger charge is -2.47. The smallest absolute Gasteiger partial charge is 0.329 e. The van der Waals surface area contributed by atoms with Crippen molar-refractivity contribution < 1.29 is 14.4 Å². The van der Waals surface area contributed by atoms with Crippen LogP contribution in [0.3, 0.4) is 0 Å². The first-order valence-electron chi connectivity index (χ1n) is 19.3. The number of benzene rings is 3. The van der Waals surface area contributed by atoms with Crippen LogP contribution in [0, 0.1) is 0 Å². The summed E-state index contributed by atoms with van der Waals surface area (Å²) >= 11 is 1.53. The number of imide groups is 1. The highest BCUT2D eigenvalue weighted by Gasteiger charge is 2.38. The van der Waals surface area contributed by atoms with E-state index in [0.29, 0.717) is 24.9 Å². The molecule has 10 rings (SSSR count). The number of pyridine rings is 1. The Morgan fingerprint density at radius 3 is 2.47 bits per heavy atom. The van der Waals surface area contributed by atoms with Gasteiger partial charge in [-0.25, -0.2) is 9.78 Å². The first-order valence-corrected chi connectivity index (χ1v) is 20.1. The maximum Gasteiger partial charge on any atom is 0.329 e. The zero-order valence-electron chi connectivity index (χ0n) is 30.8. The average molecular weight is 755 g/mol. The Morgan fingerprint density at radius 1 is 0.891 bits per heavy atom. The quantitative estimate of drug-likeness (QED) is 0.201. The van der Waals surface area contributed by atoms with Gasteiger partial charge in [0.05, 0.1) is 27.9 Å². The molecule has 2 saturated heterocycles. The van der Waals surface area contributed by atoms with Gasteiger partial charge in [-0.05, 0) is 80.1 Å². The van der Waals surface area contributed by atoms with E-state index < -0.39 is 11.9 Å². The molecule has 0 spiro atoms. The number of aryl methyl sites for hydroxylation is 1. The number of carbonyl (C=O) groups excluding carboxylic acids is 3. The molecule has 3 N–H and O–H groups in total. The third kappa shape index (κ3) is 5.62. The molecule has 1 saturated carbocycles. The highest BCUT2D eigenvalue weighted by Crippen LogP contribution is 2.44. The summed E-state index contributed by atoms with van der Waals surface area (Å²) < 4.78 is 4.34. The van der Waals surface area contributed by atoms with Crippen LogP contribution in [0.25, 0.3) is 43.3 Å². The van der Waals surface area contributed by atoms with E-state index in [1.165, 1.54) is 17.0 Å². The molecule has 6 heterocycles. The van der Waals surface area contributed by atoms with E-state index in [0.717, 1.165) is 98.4 Å². The van der Waals surface area contributed by atoms with E-state index in [1.54, 1.807) is 16.2 Å². The molecule has 3 aromatic heterocycles. The van der Waals surface area contributed by atoms with Crippen LogP contribution in [0.15, 0.2) is 71.5 Å². The minimum atomic E-state index is -0.677. The molecule has 4 aliphatic rings. The highest BCUT2D eigenvalue weighted by molar-refractivity contribution is 7.21. The Labute approximate surface area is 321 Å². The Bertz CT molecular complexity index is 2610. The van der Waals surface area contributed by atoms with Gasteiger partial charge in [0.25, 0.3) is 5.91 Å². The summed E-state index contributed by atoms with van der Waals surface area (Å²) in [5.41, 5.74) is 7.62. The standard InChI is InChI=1S/C42H42N8O4S/c1-23-22-43-37-36-29-10-11-30(45-31(29)12-14-34(36)55-39(37)41(53)44-23)24-6-8-26(9-7-24)48-16-18-49(19-17-48)27-20-25(21-27)28-4-3-5-32-38(28)47(2)42(54)50(32)33-13-15-35(51)46-40(33)52/h3-12,14,23,25,27,33,43H,13,15-22H2,1-2H3,(H,44,53)(H,46,51,52)/t23-,25?,27?,33?/m1/s1. The molecule has 55 heavy (non-hydrogen) atoms. The fourth-order valence-electron chi connectivity index (χ4n) is 9.24. The number of piperidine rings is 1. The minimum absolute atomic E-state index is 0.0221. The monoisotopic (exact) mass is 754 g/mol. The van der Waals surface area contributed by atoms with Crippen LogP contribution in [-0.4, -0.2) is 81.5 Å². The van der Waals surface area contributed by atoms with Crippen molar-refractivity contribution in [1.29, 1.82) is 0 Å². The summed E-state index contributed by atoms with van der Waals surface area (Å²) in [6, 6.07) is 23.0. The van der Waals surface area contributed by atoms with E-state index in [1.807, 2.05) is 19.1 Å². The van der Waals surface area contributed by atoms with Gasteiger partial charge in [-0.3, -0.25) is 33.7 Å². The minimum Gasteiger partial charge on any atom is -0.381 e. The first-order chi connectivity index (χ1) is 26.7. The Balaban J connectivity index is 0.797. The Kier molecular flexibility index (Phi) is 8.07. The first kappa shape index (κ1) is 34.0. The van der Waals surface area contributed by atoms with Crippen molar-refractivity contribution in [3.8, 4) is 11.3 Å². The largest absolute Gasteiger partial charge is 0.381 e. The fourth-order valence-corrected chi connectivity index (χ4v) is 10.3. The van der Waals surface area contributed by atoms with E-state index in [2.05, 4.69) is 80.3 Å². The van der Waals surface area contributed by atoms with Gasteiger partial charge >= 0.3 is 5.69 Å². The summed E-state index contributed by atoms with van der Waals surface area (Å²) in [4.78, 5) is 61.6. The summed E-state index contributed by atoms with van der Waals surface area (Å²) in [6.45, 7) is 6.60. The molecular formula is C42H42N8O4S. The number of imidazole rings is 1. The van der Waals surface area contributed by atoms with Crippen molar-refractivity contribution in [3.05, 3.63) is 87.7 Å². The molecule has 12 nitrogen and oxygen atoms in total. The number of thiophene rings is 1. The van der Waals surface area contributed by atoms with E-state index in [4.69, 9.17) is 4.98 Å². The molecular weight excluding hydrogens is 713 g/mol. The summed E-state index contributed by atoms with van der Waals surface area (Å²) in [6.07, 6.45) is 2.64. The van der Waals surface area contributed by atoms with Gasteiger partial charge in [0, 0.05) is 85.0 Å². The van der Waals surface area contributed by atoms with Crippen molar-refractivity contribution in [3.63, 3.8) is 0 Å². The lowest BCUT2D eigenvalue weighted by Crippen LogP contribution is -2.53. The zero-order valence-corrected chi connectivity index (χ0v) is 31.6. The molecule has 280 valence electrons. The molecule has 3 amide bonds. The van der Waals surface area contributed by atoms with Gasteiger partial charge in [0.2, 0.25) is 11.8 Å². The number of para-hydroxylation sites is 1. The Morgan fingerprint density at radius 2 is 1.69 bits per heavy atom. The number of fused-ring (bicyclic) bond motifs is 6. The third-order valence-corrected chi connectivity index (χ3v) is 13.4. The van der Waals surface area contributed by atoms with Gasteiger partial charge in [-0.2, -0.15) is 0 Å². The summed E-state index contributed by atoms with van der Waals surface area (Å²) in [5.74, 6) is -0.368. The molecule has 0 radical (unpaired) electrons. The van der Waals surface area contributed by atoms with E-state index in [9.17, 15) is 19.2 Å². The number of hydrogen-bond acceptors (Lipinski definition) is 9. The molecule has 3 fully saturated rings. The second-order valence-corrected chi connectivity index (χ2v) is 16.6. The van der Waals surface area contributed by atoms with Crippen molar-refractivity contribution >= 4 is 72.5 Å². The number of piperazine rings is 1. The van der Waals surface area contributed by atoms with Crippen molar-refractivity contribution in [1.82, 2.24) is 29.7 Å². The lowest BCUT2D eigenvalue weighted by atomic mass is 9.74. The van der Waals surface area contributed by atoms with Crippen LogP contribution in [0.5, 0.6) is 0 Å². The van der Waals surface area contributed by atoms with Crippen LogP contribution < -0.4 is 26.5 Å². The SMILES string of the molecule is C[C@@H]1CNc2c(sc3ccc4nc(-c5ccc(N6CCN(C7CC(c8cccc9c8n(C)c(=O)n9C8CCC(=O)NC8=O)C7)CC6)cc5)ccc4c23)C(=O)N1. The van der Waals surface area contributed by atoms with Crippen molar-refractivity contribution in [2.75, 3.05) is 42.9 Å². The number of amides is 3. The number of nitrogens with zero attached hydrogens (tertiary/aromatic N) is 5. The fraction of sp³-hybridized carbons (Fsp3) is 0.357. The van der Waals surface area contributed by atoms with Gasteiger partial charge < -0.3 is 15.5 Å². The maximum atomic E-state index is 13.4. The topological polar surface area (TPSA) is 134 Å². The average Bonchev–Trinajstić information content (AvgIpc) is 3.63. The number of nitrogens with one attached hydrogen (secondary N) is 3. The number of carbonyl (C=O) groups is 3.